The number of carbonyl (C=O) groups excluding carboxylic acids is 1. The number of amides is 1. The van der Waals surface area contributed by atoms with Crippen LogP contribution in [0, 0.1) is 0 Å². The van der Waals surface area contributed by atoms with Gasteiger partial charge in [-0.2, -0.15) is 0 Å². The molecule has 0 unspecified atom stereocenters. The van der Waals surface area contributed by atoms with Crippen molar-refractivity contribution in [2.24, 2.45) is 0 Å². The van der Waals surface area contributed by atoms with Gasteiger partial charge in [-0.1, -0.05) is 6.08 Å². The molecule has 17 heavy (non-hydrogen) atoms. The molecule has 0 aliphatic rings. The number of aryl methyl sites for hydroxylation is 1. The predicted molar refractivity (Wildman–Crippen MR) is 71.0 cm³/mol. The summed E-state index contributed by atoms with van der Waals surface area (Å²) >= 11 is 3.36. The number of aliphatic hydroxyl groups excluding tert-OH is 1. The molecule has 0 bridgehead atoms. The van der Waals surface area contributed by atoms with Gasteiger partial charge in [-0.15, -0.1) is 6.58 Å². The number of rotatable bonds is 6. The van der Waals surface area contributed by atoms with Crippen LogP contribution >= 0.6 is 15.9 Å². The Balaban J connectivity index is 2.95. The van der Waals surface area contributed by atoms with Crippen molar-refractivity contribution in [3.8, 4) is 0 Å². The summed E-state index contributed by atoms with van der Waals surface area (Å²) in [4.78, 5) is 13.8. The van der Waals surface area contributed by atoms with Gasteiger partial charge in [0.2, 0.25) is 0 Å². The zero-order valence-corrected chi connectivity index (χ0v) is 11.5. The van der Waals surface area contributed by atoms with E-state index in [4.69, 9.17) is 5.11 Å². The zero-order valence-electron chi connectivity index (χ0n) is 9.90. The van der Waals surface area contributed by atoms with E-state index in [1.165, 1.54) is 0 Å². The van der Waals surface area contributed by atoms with Crippen molar-refractivity contribution in [2.45, 2.75) is 13.5 Å². The summed E-state index contributed by atoms with van der Waals surface area (Å²) in [6.45, 7) is 7.03. The van der Waals surface area contributed by atoms with Crippen LogP contribution in [0.1, 0.15) is 17.4 Å². The normalized spacial score (nSPS) is 10.3. The number of halogens is 1. The molecule has 1 amide bonds. The van der Waals surface area contributed by atoms with Crippen molar-refractivity contribution in [1.29, 1.82) is 0 Å². The SMILES string of the molecule is C=CCN(CCO)C(=O)c1cc(Br)cn1CC. The molecule has 1 rings (SSSR count). The highest BCUT2D eigenvalue weighted by atomic mass is 79.9. The van der Waals surface area contributed by atoms with E-state index in [9.17, 15) is 4.79 Å². The summed E-state index contributed by atoms with van der Waals surface area (Å²) in [5.74, 6) is -0.0912. The lowest BCUT2D eigenvalue weighted by Gasteiger charge is -2.20. The lowest BCUT2D eigenvalue weighted by molar-refractivity contribution is 0.0732. The first-order valence-electron chi connectivity index (χ1n) is 5.50. The maximum atomic E-state index is 12.2. The Kier molecular flexibility index (Phi) is 5.44. The van der Waals surface area contributed by atoms with Gasteiger partial charge in [0.25, 0.3) is 5.91 Å². The maximum Gasteiger partial charge on any atom is 0.270 e. The topological polar surface area (TPSA) is 45.5 Å². The monoisotopic (exact) mass is 300 g/mol. The summed E-state index contributed by atoms with van der Waals surface area (Å²) in [6.07, 6.45) is 3.53. The quantitative estimate of drug-likeness (QED) is 0.816. The van der Waals surface area contributed by atoms with E-state index < -0.39 is 0 Å². The molecule has 4 nitrogen and oxygen atoms in total. The first-order chi connectivity index (χ1) is 8.13. The van der Waals surface area contributed by atoms with Gasteiger partial charge in [0.15, 0.2) is 0 Å². The fourth-order valence-corrected chi connectivity index (χ4v) is 2.09. The molecule has 0 atom stereocenters. The average molecular weight is 301 g/mol. The second-order valence-corrected chi connectivity index (χ2v) is 4.51. The van der Waals surface area contributed by atoms with Crippen LogP contribution in [0.3, 0.4) is 0 Å². The highest BCUT2D eigenvalue weighted by Gasteiger charge is 2.18. The minimum Gasteiger partial charge on any atom is -0.395 e. The number of aliphatic hydroxyl groups is 1. The number of hydrogen-bond acceptors (Lipinski definition) is 2. The summed E-state index contributed by atoms with van der Waals surface area (Å²) in [7, 11) is 0. The van der Waals surface area contributed by atoms with E-state index in [0.29, 0.717) is 18.8 Å². The van der Waals surface area contributed by atoms with Gasteiger partial charge in [0, 0.05) is 30.3 Å². The summed E-state index contributed by atoms with van der Waals surface area (Å²) < 4.78 is 2.75. The van der Waals surface area contributed by atoms with Crippen LogP contribution < -0.4 is 0 Å². The molecule has 1 aromatic rings. The molecule has 5 heteroatoms. The van der Waals surface area contributed by atoms with E-state index in [1.54, 1.807) is 17.0 Å². The third-order valence-corrected chi connectivity index (χ3v) is 2.86. The van der Waals surface area contributed by atoms with Crippen LogP contribution in [-0.4, -0.2) is 40.2 Å². The highest BCUT2D eigenvalue weighted by molar-refractivity contribution is 9.10. The van der Waals surface area contributed by atoms with Crippen molar-refractivity contribution in [2.75, 3.05) is 19.7 Å². The standard InChI is InChI=1S/C12H17BrN2O2/c1-3-5-15(6-7-16)12(17)11-8-10(13)9-14(11)4-2/h3,8-9,16H,1,4-7H2,2H3. The number of nitrogens with zero attached hydrogens (tertiary/aromatic N) is 2. The Labute approximate surface area is 110 Å². The third kappa shape index (κ3) is 3.44. The van der Waals surface area contributed by atoms with Gasteiger partial charge in [-0.3, -0.25) is 4.79 Å². The third-order valence-electron chi connectivity index (χ3n) is 2.43. The van der Waals surface area contributed by atoms with Gasteiger partial charge in [0.1, 0.15) is 5.69 Å². The van der Waals surface area contributed by atoms with Crippen molar-refractivity contribution in [1.82, 2.24) is 9.47 Å². The molecule has 0 fully saturated rings. The Morgan fingerprint density at radius 2 is 2.41 bits per heavy atom. The van der Waals surface area contributed by atoms with Crippen molar-refractivity contribution >= 4 is 21.8 Å². The van der Waals surface area contributed by atoms with Crippen LogP contribution in [0.15, 0.2) is 29.4 Å². The maximum absolute atomic E-state index is 12.2. The molecule has 0 aromatic carbocycles. The van der Waals surface area contributed by atoms with Gasteiger partial charge >= 0.3 is 0 Å². The van der Waals surface area contributed by atoms with E-state index in [-0.39, 0.29) is 12.5 Å². The molecule has 0 radical (unpaired) electrons. The Morgan fingerprint density at radius 3 is 2.94 bits per heavy atom. The highest BCUT2D eigenvalue weighted by Crippen LogP contribution is 2.16. The Hall–Kier alpha value is -1.07. The lowest BCUT2D eigenvalue weighted by Crippen LogP contribution is -2.34. The van der Waals surface area contributed by atoms with Crippen LogP contribution in [0.25, 0.3) is 0 Å². The van der Waals surface area contributed by atoms with Gasteiger partial charge < -0.3 is 14.6 Å². The van der Waals surface area contributed by atoms with E-state index in [2.05, 4.69) is 22.5 Å². The van der Waals surface area contributed by atoms with Gasteiger partial charge in [0.05, 0.1) is 6.61 Å². The Morgan fingerprint density at radius 1 is 1.71 bits per heavy atom. The largest absolute Gasteiger partial charge is 0.395 e. The Bertz CT molecular complexity index is 401. The van der Waals surface area contributed by atoms with Crippen molar-refractivity contribution < 1.29 is 9.90 Å². The average Bonchev–Trinajstić information content (AvgIpc) is 2.69. The van der Waals surface area contributed by atoms with E-state index in [1.807, 2.05) is 17.7 Å². The van der Waals surface area contributed by atoms with E-state index >= 15 is 0 Å². The molecule has 0 aliphatic carbocycles. The van der Waals surface area contributed by atoms with Gasteiger partial charge in [-0.05, 0) is 28.9 Å². The second-order valence-electron chi connectivity index (χ2n) is 3.59. The molecule has 1 heterocycles. The number of hydrogen-bond donors (Lipinski definition) is 1. The summed E-state index contributed by atoms with van der Waals surface area (Å²) in [6, 6.07) is 1.79. The molecule has 1 N–H and O–H groups in total. The van der Waals surface area contributed by atoms with Crippen molar-refractivity contribution in [3.05, 3.63) is 35.1 Å². The smallest absolute Gasteiger partial charge is 0.270 e. The fraction of sp³-hybridized carbons (Fsp3) is 0.417. The first-order valence-corrected chi connectivity index (χ1v) is 6.30. The molecule has 1 aromatic heterocycles. The summed E-state index contributed by atoms with van der Waals surface area (Å²) in [5.41, 5.74) is 0.620. The fourth-order valence-electron chi connectivity index (χ4n) is 1.63. The second kappa shape index (κ2) is 6.61. The molecule has 94 valence electrons. The van der Waals surface area contributed by atoms with Gasteiger partial charge in [-0.25, -0.2) is 0 Å². The first kappa shape index (κ1) is 14.0. The zero-order chi connectivity index (χ0) is 12.8. The minimum atomic E-state index is -0.0912. The molecule has 0 saturated heterocycles. The number of aromatic nitrogens is 1. The van der Waals surface area contributed by atoms with Crippen LogP contribution in [0.5, 0.6) is 0 Å². The van der Waals surface area contributed by atoms with Crippen LogP contribution in [0.4, 0.5) is 0 Å². The van der Waals surface area contributed by atoms with Crippen LogP contribution in [-0.2, 0) is 6.54 Å². The molecular formula is C12H17BrN2O2. The minimum absolute atomic E-state index is 0.0480. The molecule has 0 spiro atoms. The molecule has 0 aliphatic heterocycles. The predicted octanol–water partition coefficient (Wildman–Crippen LogP) is 1.89. The number of carbonyl (C=O) groups is 1. The molecule has 0 saturated carbocycles. The lowest BCUT2D eigenvalue weighted by atomic mass is 10.3. The molecular weight excluding hydrogens is 284 g/mol. The van der Waals surface area contributed by atoms with E-state index in [0.717, 1.165) is 11.0 Å². The summed E-state index contributed by atoms with van der Waals surface area (Å²) in [5, 5.41) is 8.95. The van der Waals surface area contributed by atoms with Crippen molar-refractivity contribution in [3.63, 3.8) is 0 Å². The van der Waals surface area contributed by atoms with Crippen LogP contribution in [0.2, 0.25) is 0 Å².